The molecule has 2 fully saturated rings. The van der Waals surface area contributed by atoms with Gasteiger partial charge in [-0.25, -0.2) is 10.4 Å². The van der Waals surface area contributed by atoms with Crippen LogP contribution in [0.25, 0.3) is 0 Å². The Hall–Kier alpha value is -0.910. The zero-order chi connectivity index (χ0) is 12.2. The van der Waals surface area contributed by atoms with Crippen molar-refractivity contribution in [2.45, 2.75) is 38.3 Å². The van der Waals surface area contributed by atoms with E-state index in [1.165, 1.54) is 25.7 Å². The summed E-state index contributed by atoms with van der Waals surface area (Å²) in [6.07, 6.45) is 7.42. The van der Waals surface area contributed by atoms with Crippen LogP contribution in [0.2, 0.25) is 0 Å². The number of morpholine rings is 1. The Labute approximate surface area is 108 Å². The highest BCUT2D eigenvalue weighted by Gasteiger charge is 2.17. The van der Waals surface area contributed by atoms with Crippen LogP contribution in [0.15, 0.2) is 12.3 Å². The molecule has 100 valence electrons. The molecule has 1 aliphatic heterocycles. The van der Waals surface area contributed by atoms with Crippen molar-refractivity contribution in [2.24, 2.45) is 0 Å². The summed E-state index contributed by atoms with van der Waals surface area (Å²) >= 11 is 0. The van der Waals surface area contributed by atoms with Crippen LogP contribution in [0, 0.1) is 0 Å². The van der Waals surface area contributed by atoms with Gasteiger partial charge in [-0.1, -0.05) is 12.8 Å². The molecule has 1 aromatic rings. The van der Waals surface area contributed by atoms with E-state index >= 15 is 0 Å². The standard InChI is InChI=1S/C13H22N4O/c1-2-4-13(3-1)17-6-5-12(15-17)11-14-16-7-9-18-10-8-16/h5-6,13-14H,1-4,7-11H2. The summed E-state index contributed by atoms with van der Waals surface area (Å²) in [5, 5.41) is 6.89. The molecular formula is C13H22N4O. The van der Waals surface area contributed by atoms with Crippen LogP contribution in [0.4, 0.5) is 0 Å². The number of aromatic nitrogens is 2. The molecular weight excluding hydrogens is 228 g/mol. The maximum absolute atomic E-state index is 5.32. The number of hydrogen-bond acceptors (Lipinski definition) is 4. The lowest BCUT2D eigenvalue weighted by Gasteiger charge is -2.26. The molecule has 1 saturated heterocycles. The fourth-order valence-corrected chi connectivity index (χ4v) is 2.76. The van der Waals surface area contributed by atoms with Gasteiger partial charge in [0.1, 0.15) is 0 Å². The maximum atomic E-state index is 5.32. The lowest BCUT2D eigenvalue weighted by molar-refractivity contribution is 0.0103. The molecule has 3 rings (SSSR count). The van der Waals surface area contributed by atoms with Crippen molar-refractivity contribution in [3.8, 4) is 0 Å². The second-order valence-corrected chi connectivity index (χ2v) is 5.16. The van der Waals surface area contributed by atoms with Crippen LogP contribution in [-0.4, -0.2) is 41.1 Å². The highest BCUT2D eigenvalue weighted by Crippen LogP contribution is 2.28. The molecule has 1 aromatic heterocycles. The van der Waals surface area contributed by atoms with E-state index in [1.807, 2.05) is 0 Å². The van der Waals surface area contributed by atoms with Crippen LogP contribution in [0.5, 0.6) is 0 Å². The monoisotopic (exact) mass is 250 g/mol. The fourth-order valence-electron chi connectivity index (χ4n) is 2.76. The number of nitrogens with zero attached hydrogens (tertiary/aromatic N) is 3. The molecule has 5 nitrogen and oxygen atoms in total. The summed E-state index contributed by atoms with van der Waals surface area (Å²) < 4.78 is 7.48. The largest absolute Gasteiger partial charge is 0.379 e. The summed E-state index contributed by atoms with van der Waals surface area (Å²) in [5.74, 6) is 0. The second kappa shape index (κ2) is 5.82. The Bertz CT molecular complexity index is 367. The molecule has 0 aromatic carbocycles. The van der Waals surface area contributed by atoms with Gasteiger partial charge in [0.05, 0.1) is 31.5 Å². The summed E-state index contributed by atoms with van der Waals surface area (Å²) in [4.78, 5) is 0. The van der Waals surface area contributed by atoms with Crippen LogP contribution in [0.1, 0.15) is 37.4 Å². The van der Waals surface area contributed by atoms with Crippen LogP contribution < -0.4 is 5.43 Å². The summed E-state index contributed by atoms with van der Waals surface area (Å²) in [7, 11) is 0. The fraction of sp³-hybridized carbons (Fsp3) is 0.769. The molecule has 0 unspecified atom stereocenters. The van der Waals surface area contributed by atoms with Gasteiger partial charge in [-0.2, -0.15) is 5.10 Å². The normalized spacial score (nSPS) is 22.7. The van der Waals surface area contributed by atoms with Gasteiger partial charge in [-0.05, 0) is 18.9 Å². The molecule has 1 N–H and O–H groups in total. The Morgan fingerprint density at radius 2 is 2.06 bits per heavy atom. The molecule has 0 amide bonds. The highest BCUT2D eigenvalue weighted by atomic mass is 16.5. The summed E-state index contributed by atoms with van der Waals surface area (Å²) in [5.41, 5.74) is 4.55. The minimum absolute atomic E-state index is 0.641. The van der Waals surface area contributed by atoms with E-state index < -0.39 is 0 Å². The zero-order valence-corrected chi connectivity index (χ0v) is 10.8. The van der Waals surface area contributed by atoms with Crippen molar-refractivity contribution in [1.29, 1.82) is 0 Å². The van der Waals surface area contributed by atoms with Crippen molar-refractivity contribution < 1.29 is 4.74 Å². The third-order valence-corrected chi connectivity index (χ3v) is 3.86. The summed E-state index contributed by atoms with van der Waals surface area (Å²) in [6, 6.07) is 2.77. The van der Waals surface area contributed by atoms with E-state index in [4.69, 9.17) is 4.74 Å². The quantitative estimate of drug-likeness (QED) is 0.875. The minimum Gasteiger partial charge on any atom is -0.379 e. The van der Waals surface area contributed by atoms with Crippen molar-refractivity contribution in [3.63, 3.8) is 0 Å². The van der Waals surface area contributed by atoms with Gasteiger partial charge in [-0.3, -0.25) is 4.68 Å². The topological polar surface area (TPSA) is 42.3 Å². The highest BCUT2D eigenvalue weighted by molar-refractivity contribution is 4.99. The first-order valence-electron chi connectivity index (χ1n) is 7.02. The number of ether oxygens (including phenoxy) is 1. The smallest absolute Gasteiger partial charge is 0.0776 e. The Balaban J connectivity index is 1.50. The Morgan fingerprint density at radius 1 is 1.28 bits per heavy atom. The lowest BCUT2D eigenvalue weighted by atomic mass is 10.3. The molecule has 0 bridgehead atoms. The maximum Gasteiger partial charge on any atom is 0.0776 e. The van der Waals surface area contributed by atoms with E-state index in [-0.39, 0.29) is 0 Å². The van der Waals surface area contributed by atoms with Crippen molar-refractivity contribution in [1.82, 2.24) is 20.2 Å². The molecule has 0 spiro atoms. The molecule has 0 atom stereocenters. The van der Waals surface area contributed by atoms with Crippen LogP contribution in [-0.2, 0) is 11.3 Å². The average Bonchev–Trinajstić information content (AvgIpc) is 3.08. The number of hydrogen-bond donors (Lipinski definition) is 1. The van der Waals surface area contributed by atoms with Crippen LogP contribution in [0.3, 0.4) is 0 Å². The van der Waals surface area contributed by atoms with E-state index in [0.29, 0.717) is 6.04 Å². The molecule has 1 aliphatic carbocycles. The van der Waals surface area contributed by atoms with Gasteiger partial charge in [0, 0.05) is 19.3 Å². The van der Waals surface area contributed by atoms with Gasteiger partial charge in [0.15, 0.2) is 0 Å². The lowest BCUT2D eigenvalue weighted by Crippen LogP contribution is -2.45. The van der Waals surface area contributed by atoms with Gasteiger partial charge < -0.3 is 4.74 Å². The van der Waals surface area contributed by atoms with Gasteiger partial charge in [0.2, 0.25) is 0 Å². The average molecular weight is 250 g/mol. The molecule has 2 heterocycles. The van der Waals surface area contributed by atoms with Crippen molar-refractivity contribution >= 4 is 0 Å². The van der Waals surface area contributed by atoms with Crippen LogP contribution >= 0.6 is 0 Å². The Kier molecular flexibility index (Phi) is 3.93. The van der Waals surface area contributed by atoms with E-state index in [2.05, 4.69) is 32.5 Å². The molecule has 2 aliphatic rings. The minimum atomic E-state index is 0.641. The van der Waals surface area contributed by atoms with E-state index in [1.54, 1.807) is 0 Å². The SMILES string of the molecule is c1cn(C2CCCC2)nc1CNN1CCOCC1. The first-order valence-corrected chi connectivity index (χ1v) is 7.02. The predicted molar refractivity (Wildman–Crippen MR) is 69.0 cm³/mol. The first-order chi connectivity index (χ1) is 8.92. The van der Waals surface area contributed by atoms with Crippen molar-refractivity contribution in [2.75, 3.05) is 26.3 Å². The van der Waals surface area contributed by atoms with Gasteiger partial charge >= 0.3 is 0 Å². The number of rotatable bonds is 4. The summed E-state index contributed by atoms with van der Waals surface area (Å²) in [6.45, 7) is 4.39. The Morgan fingerprint density at radius 3 is 2.83 bits per heavy atom. The van der Waals surface area contributed by atoms with Gasteiger partial charge in [-0.15, -0.1) is 0 Å². The number of hydrazine groups is 1. The zero-order valence-electron chi connectivity index (χ0n) is 10.8. The van der Waals surface area contributed by atoms with E-state index in [0.717, 1.165) is 38.5 Å². The number of nitrogens with one attached hydrogen (secondary N) is 1. The third-order valence-electron chi connectivity index (χ3n) is 3.86. The third kappa shape index (κ3) is 2.91. The molecule has 18 heavy (non-hydrogen) atoms. The predicted octanol–water partition coefficient (Wildman–Crippen LogP) is 1.33. The van der Waals surface area contributed by atoms with Crippen molar-refractivity contribution in [3.05, 3.63) is 18.0 Å². The van der Waals surface area contributed by atoms with Gasteiger partial charge in [0.25, 0.3) is 0 Å². The first kappa shape index (κ1) is 12.1. The molecule has 5 heteroatoms. The van der Waals surface area contributed by atoms with E-state index in [9.17, 15) is 0 Å². The molecule has 1 saturated carbocycles. The second-order valence-electron chi connectivity index (χ2n) is 5.16. The molecule has 0 radical (unpaired) electrons.